The number of halogens is 1. The van der Waals surface area contributed by atoms with E-state index in [1.54, 1.807) is 0 Å². The van der Waals surface area contributed by atoms with Crippen LogP contribution in [0.15, 0.2) is 0 Å². The predicted octanol–water partition coefficient (Wildman–Crippen LogP) is 2.95. The van der Waals surface area contributed by atoms with E-state index in [9.17, 15) is 4.79 Å². The second-order valence-corrected chi connectivity index (χ2v) is 6.00. The zero-order valence-electron chi connectivity index (χ0n) is 10.3. The lowest BCUT2D eigenvalue weighted by Gasteiger charge is -2.29. The number of hydrogen-bond acceptors (Lipinski definition) is 1. The summed E-state index contributed by atoms with van der Waals surface area (Å²) in [7, 11) is 0. The normalized spacial score (nSPS) is 35.3. The molecule has 16 heavy (non-hydrogen) atoms. The predicted molar refractivity (Wildman–Crippen MR) is 66.5 cm³/mol. The second-order valence-electron chi connectivity index (χ2n) is 5.63. The molecule has 0 aromatic heterocycles. The third-order valence-electron chi connectivity index (χ3n) is 4.56. The molecule has 2 aliphatic carbocycles. The Morgan fingerprint density at radius 1 is 1.44 bits per heavy atom. The minimum absolute atomic E-state index is 0.101. The maximum atomic E-state index is 12.1. The van der Waals surface area contributed by atoms with E-state index in [2.05, 4.69) is 19.2 Å². The van der Waals surface area contributed by atoms with E-state index >= 15 is 0 Å². The van der Waals surface area contributed by atoms with Gasteiger partial charge in [0.25, 0.3) is 0 Å². The van der Waals surface area contributed by atoms with Gasteiger partial charge < -0.3 is 5.32 Å². The molecule has 0 saturated heterocycles. The molecule has 0 aromatic carbocycles. The van der Waals surface area contributed by atoms with Gasteiger partial charge >= 0.3 is 0 Å². The molecule has 0 bridgehead atoms. The van der Waals surface area contributed by atoms with Crippen molar-refractivity contribution in [1.29, 1.82) is 0 Å². The largest absolute Gasteiger partial charge is 0.351 e. The van der Waals surface area contributed by atoms with Gasteiger partial charge in [0, 0.05) is 17.3 Å². The van der Waals surface area contributed by atoms with Crippen molar-refractivity contribution in [2.75, 3.05) is 5.88 Å². The highest BCUT2D eigenvalue weighted by Gasteiger charge is 2.56. The van der Waals surface area contributed by atoms with E-state index in [4.69, 9.17) is 11.6 Å². The summed E-state index contributed by atoms with van der Waals surface area (Å²) in [6.45, 7) is 4.21. The van der Waals surface area contributed by atoms with E-state index in [-0.39, 0.29) is 11.4 Å². The molecule has 92 valence electrons. The summed E-state index contributed by atoms with van der Waals surface area (Å²) in [4.78, 5) is 12.1. The third kappa shape index (κ3) is 2.22. The van der Waals surface area contributed by atoms with Crippen LogP contribution in [0.25, 0.3) is 0 Å². The smallest absolute Gasteiger partial charge is 0.224 e. The van der Waals surface area contributed by atoms with Crippen LogP contribution in [0.4, 0.5) is 0 Å². The van der Waals surface area contributed by atoms with Crippen molar-refractivity contribution < 1.29 is 4.79 Å². The molecule has 3 unspecified atom stereocenters. The van der Waals surface area contributed by atoms with E-state index in [1.807, 2.05) is 0 Å². The molecular weight excluding hydrogens is 222 g/mol. The van der Waals surface area contributed by atoms with Crippen LogP contribution in [0.1, 0.15) is 46.0 Å². The Bertz CT molecular complexity index is 271. The molecule has 2 fully saturated rings. The second kappa shape index (κ2) is 4.56. The first kappa shape index (κ1) is 12.2. The van der Waals surface area contributed by atoms with E-state index in [0.29, 0.717) is 23.6 Å². The summed E-state index contributed by atoms with van der Waals surface area (Å²) in [5.41, 5.74) is -0.101. The van der Waals surface area contributed by atoms with E-state index < -0.39 is 0 Å². The highest BCUT2D eigenvalue weighted by atomic mass is 35.5. The van der Waals surface area contributed by atoms with Gasteiger partial charge in [0.05, 0.1) is 0 Å². The average Bonchev–Trinajstić information content (AvgIpc) is 2.74. The van der Waals surface area contributed by atoms with Crippen LogP contribution in [0.3, 0.4) is 0 Å². The molecule has 0 aliphatic heterocycles. The summed E-state index contributed by atoms with van der Waals surface area (Å²) in [5.74, 6) is 2.63. The Morgan fingerprint density at radius 3 is 2.56 bits per heavy atom. The number of carbonyl (C=O) groups excluding carboxylic acids is 1. The van der Waals surface area contributed by atoms with Crippen molar-refractivity contribution in [3.05, 3.63) is 0 Å². The van der Waals surface area contributed by atoms with Crippen molar-refractivity contribution in [1.82, 2.24) is 5.32 Å². The van der Waals surface area contributed by atoms with Crippen LogP contribution in [0, 0.1) is 17.8 Å². The van der Waals surface area contributed by atoms with Gasteiger partial charge in [0.1, 0.15) is 0 Å². The summed E-state index contributed by atoms with van der Waals surface area (Å²) in [6.07, 6.45) is 5.67. The van der Waals surface area contributed by atoms with Crippen LogP contribution in [0.2, 0.25) is 0 Å². The summed E-state index contributed by atoms with van der Waals surface area (Å²) < 4.78 is 0. The number of rotatable bonds is 5. The highest BCUT2D eigenvalue weighted by Crippen LogP contribution is 2.57. The zero-order chi connectivity index (χ0) is 11.8. The van der Waals surface area contributed by atoms with Gasteiger partial charge in [-0.2, -0.15) is 0 Å². The molecule has 0 heterocycles. The fourth-order valence-electron chi connectivity index (χ4n) is 3.13. The minimum Gasteiger partial charge on any atom is -0.351 e. The Balaban J connectivity index is 1.87. The van der Waals surface area contributed by atoms with Gasteiger partial charge in [-0.3, -0.25) is 4.79 Å². The van der Waals surface area contributed by atoms with Gasteiger partial charge in [0.15, 0.2) is 0 Å². The molecule has 3 atom stereocenters. The molecule has 2 aliphatic rings. The number of hydrogen-bond donors (Lipinski definition) is 1. The summed E-state index contributed by atoms with van der Waals surface area (Å²) in [6, 6.07) is 0. The lowest BCUT2D eigenvalue weighted by molar-refractivity contribution is -0.125. The summed E-state index contributed by atoms with van der Waals surface area (Å²) in [5, 5.41) is 3.21. The molecule has 2 saturated carbocycles. The van der Waals surface area contributed by atoms with Gasteiger partial charge in [-0.25, -0.2) is 0 Å². The molecule has 0 spiro atoms. The van der Waals surface area contributed by atoms with Crippen LogP contribution in [-0.2, 0) is 4.79 Å². The maximum absolute atomic E-state index is 12.1. The average molecular weight is 244 g/mol. The Morgan fingerprint density at radius 2 is 2.06 bits per heavy atom. The number of alkyl halides is 1. The van der Waals surface area contributed by atoms with Crippen LogP contribution in [-0.4, -0.2) is 17.3 Å². The van der Waals surface area contributed by atoms with Crippen LogP contribution >= 0.6 is 11.6 Å². The molecule has 3 heteroatoms. The number of carbonyl (C=O) groups is 1. The quantitative estimate of drug-likeness (QED) is 0.740. The Hall–Kier alpha value is -0.240. The molecule has 2 rings (SSSR count). The van der Waals surface area contributed by atoms with E-state index in [0.717, 1.165) is 12.8 Å². The Labute approximate surface area is 103 Å². The fourth-order valence-corrected chi connectivity index (χ4v) is 3.54. The number of nitrogens with one attached hydrogen (secondary N) is 1. The van der Waals surface area contributed by atoms with Crippen LogP contribution < -0.4 is 5.32 Å². The van der Waals surface area contributed by atoms with Crippen LogP contribution in [0.5, 0.6) is 0 Å². The Kier molecular flexibility index (Phi) is 3.48. The minimum atomic E-state index is -0.101. The molecular formula is C13H22ClNO. The topological polar surface area (TPSA) is 29.1 Å². The molecule has 0 radical (unpaired) electrons. The van der Waals surface area contributed by atoms with Crippen molar-refractivity contribution in [2.24, 2.45) is 17.8 Å². The standard InChI is InChI=1S/C13H22ClNO/c1-3-13(2,7-8-14)15-12(16)11-9-5-4-6-10(9)11/h9-11H,3-8H2,1-2H3,(H,15,16). The molecule has 1 amide bonds. The summed E-state index contributed by atoms with van der Waals surface area (Å²) >= 11 is 5.79. The third-order valence-corrected chi connectivity index (χ3v) is 4.75. The first-order valence-electron chi connectivity index (χ1n) is 6.49. The number of fused-ring (bicyclic) bond motifs is 1. The molecule has 0 aromatic rings. The highest BCUT2D eigenvalue weighted by molar-refractivity contribution is 6.17. The van der Waals surface area contributed by atoms with E-state index in [1.165, 1.54) is 19.3 Å². The fraction of sp³-hybridized carbons (Fsp3) is 0.923. The van der Waals surface area contributed by atoms with Crippen molar-refractivity contribution in [3.8, 4) is 0 Å². The zero-order valence-corrected chi connectivity index (χ0v) is 11.0. The van der Waals surface area contributed by atoms with Crippen molar-refractivity contribution in [3.63, 3.8) is 0 Å². The number of amides is 1. The van der Waals surface area contributed by atoms with Gasteiger partial charge in [0.2, 0.25) is 5.91 Å². The van der Waals surface area contributed by atoms with Crippen molar-refractivity contribution >= 4 is 17.5 Å². The van der Waals surface area contributed by atoms with Gasteiger partial charge in [-0.15, -0.1) is 11.6 Å². The van der Waals surface area contributed by atoms with Gasteiger partial charge in [-0.1, -0.05) is 13.3 Å². The first-order valence-corrected chi connectivity index (χ1v) is 7.03. The van der Waals surface area contributed by atoms with Crippen molar-refractivity contribution in [2.45, 2.75) is 51.5 Å². The van der Waals surface area contributed by atoms with Gasteiger partial charge in [-0.05, 0) is 44.4 Å². The molecule has 1 N–H and O–H groups in total. The lowest BCUT2D eigenvalue weighted by atomic mass is 9.95. The maximum Gasteiger partial charge on any atom is 0.224 e. The monoisotopic (exact) mass is 243 g/mol. The first-order chi connectivity index (χ1) is 7.61. The lowest BCUT2D eigenvalue weighted by Crippen LogP contribution is -2.47. The SMILES string of the molecule is CCC(C)(CCCl)NC(=O)C1C2CCCC21. The molecule has 2 nitrogen and oxygen atoms in total.